The van der Waals surface area contributed by atoms with E-state index < -0.39 is 64.2 Å². The van der Waals surface area contributed by atoms with E-state index in [0.29, 0.717) is 12.0 Å². The van der Waals surface area contributed by atoms with Crippen molar-refractivity contribution < 1.29 is 34.2 Å². The molecule has 1 aromatic rings. The molecule has 2 fully saturated rings. The highest BCUT2D eigenvalue weighted by Gasteiger charge is 2.69. The summed E-state index contributed by atoms with van der Waals surface area (Å²) in [6.07, 6.45) is 10.0. The van der Waals surface area contributed by atoms with Crippen molar-refractivity contribution in [3.8, 4) is 5.75 Å². The number of ketones is 4. The van der Waals surface area contributed by atoms with E-state index in [1.54, 1.807) is 19.9 Å². The molecule has 0 aromatic heterocycles. The Hall–Kier alpha value is -3.65. The third kappa shape index (κ3) is 3.87. The minimum atomic E-state index is -2.68. The van der Waals surface area contributed by atoms with Crippen molar-refractivity contribution in [1.29, 1.82) is 0 Å². The highest BCUT2D eigenvalue weighted by atomic mass is 16.3. The molecule has 0 saturated heterocycles. The SMILES string of the molecule is CC/C=C/C1=CC=C(c2ccc(O)c3c2C[C@H]2C[C@H]4[C@H](C(C)C)C(=O)C(C(N)=O)C(=O)[C@@]4(O)C(=O)C2C3=O)C1. The number of fused-ring (bicyclic) bond motifs is 3. The molecule has 0 radical (unpaired) electrons. The lowest BCUT2D eigenvalue weighted by atomic mass is 9.49. The summed E-state index contributed by atoms with van der Waals surface area (Å²) >= 11 is 0. The summed E-state index contributed by atoms with van der Waals surface area (Å²) in [6, 6.07) is 3.21. The number of rotatable bonds is 5. The number of nitrogens with two attached hydrogens (primary N) is 1. The first kappa shape index (κ1) is 26.9. The maximum atomic E-state index is 13.9. The standard InChI is InChI=1S/C31H33NO7/c1-4-5-6-15-7-8-16(11-15)18-9-10-21(33)24-19(18)12-17-13-20-22(14(2)3)26(34)25(30(32)38)29(37)31(20,39)28(36)23(17)27(24)35/h5-10,14,17,20,22-23,25,33,39H,4,11-13H2,1-3H3,(H2,32,38)/b6-5+/t17-,20-,22-,23?,25?,31-/m0/s1. The van der Waals surface area contributed by atoms with E-state index in [2.05, 4.69) is 19.1 Å². The lowest BCUT2D eigenvalue weighted by Gasteiger charge is -2.52. The van der Waals surface area contributed by atoms with Gasteiger partial charge >= 0.3 is 0 Å². The number of amides is 1. The van der Waals surface area contributed by atoms with Crippen LogP contribution in [0.4, 0.5) is 0 Å². The van der Waals surface area contributed by atoms with Crippen LogP contribution in [-0.2, 0) is 25.6 Å². The van der Waals surface area contributed by atoms with E-state index in [1.807, 2.05) is 12.2 Å². The molecule has 2 unspecified atom stereocenters. The first-order chi connectivity index (χ1) is 18.4. The summed E-state index contributed by atoms with van der Waals surface area (Å²) < 4.78 is 0. The molecule has 5 rings (SSSR count). The van der Waals surface area contributed by atoms with Crippen molar-refractivity contribution in [1.82, 2.24) is 0 Å². The maximum absolute atomic E-state index is 13.9. The fourth-order valence-electron chi connectivity index (χ4n) is 7.27. The van der Waals surface area contributed by atoms with Crippen molar-refractivity contribution in [2.24, 2.45) is 41.2 Å². The van der Waals surface area contributed by atoms with Gasteiger partial charge in [0.2, 0.25) is 5.91 Å². The van der Waals surface area contributed by atoms with Gasteiger partial charge in [-0.15, -0.1) is 0 Å². The minimum Gasteiger partial charge on any atom is -0.507 e. The molecule has 0 spiro atoms. The molecule has 8 nitrogen and oxygen atoms in total. The number of Topliss-reactive ketones (excluding diaryl/α,β-unsaturated/α-hetero) is 4. The average molecular weight is 532 g/mol. The van der Waals surface area contributed by atoms with Gasteiger partial charge in [0.25, 0.3) is 0 Å². The first-order valence-electron chi connectivity index (χ1n) is 13.5. The predicted octanol–water partition coefficient (Wildman–Crippen LogP) is 2.89. The van der Waals surface area contributed by atoms with Crippen LogP contribution < -0.4 is 5.73 Å². The number of phenols is 1. The van der Waals surface area contributed by atoms with E-state index in [9.17, 15) is 34.2 Å². The average Bonchev–Trinajstić information content (AvgIpc) is 3.33. The number of benzene rings is 1. The molecule has 2 saturated carbocycles. The molecular formula is C31H33NO7. The van der Waals surface area contributed by atoms with Gasteiger partial charge < -0.3 is 15.9 Å². The zero-order chi connectivity index (χ0) is 28.4. The van der Waals surface area contributed by atoms with E-state index in [4.69, 9.17) is 5.73 Å². The monoisotopic (exact) mass is 531 g/mol. The Morgan fingerprint density at radius 1 is 1.15 bits per heavy atom. The smallest absolute Gasteiger partial charge is 0.235 e. The van der Waals surface area contributed by atoms with Gasteiger partial charge in [0.05, 0.1) is 11.5 Å². The second kappa shape index (κ2) is 9.52. The summed E-state index contributed by atoms with van der Waals surface area (Å²) in [5, 5.41) is 22.4. The number of primary amides is 1. The summed E-state index contributed by atoms with van der Waals surface area (Å²) in [5.74, 6) is -11.4. The third-order valence-corrected chi connectivity index (χ3v) is 9.00. The van der Waals surface area contributed by atoms with Crippen LogP contribution in [0.1, 0.15) is 61.5 Å². The van der Waals surface area contributed by atoms with E-state index in [0.717, 1.165) is 23.1 Å². The molecule has 0 bridgehead atoms. The Labute approximate surface area is 226 Å². The topological polar surface area (TPSA) is 152 Å². The number of phenolic OH excluding ortho intramolecular Hbond substituents is 1. The Bertz CT molecular complexity index is 1410. The second-order valence-corrected chi connectivity index (χ2v) is 11.6. The molecule has 39 heavy (non-hydrogen) atoms. The molecule has 4 N–H and O–H groups in total. The fourth-order valence-corrected chi connectivity index (χ4v) is 7.27. The number of carbonyl (C=O) groups excluding carboxylic acids is 5. The molecule has 4 aliphatic carbocycles. The van der Waals surface area contributed by atoms with Crippen molar-refractivity contribution in [3.05, 3.63) is 58.7 Å². The van der Waals surface area contributed by atoms with Gasteiger partial charge in [0, 0.05) is 11.8 Å². The summed E-state index contributed by atoms with van der Waals surface area (Å²) in [5.41, 5.74) is 6.26. The zero-order valence-corrected chi connectivity index (χ0v) is 22.3. The van der Waals surface area contributed by atoms with E-state index in [-0.39, 0.29) is 30.1 Å². The van der Waals surface area contributed by atoms with Gasteiger partial charge in [-0.2, -0.15) is 0 Å². The lowest BCUT2D eigenvalue weighted by Crippen LogP contribution is -2.71. The molecule has 0 aliphatic heterocycles. The quantitative estimate of drug-likeness (QED) is 0.494. The second-order valence-electron chi connectivity index (χ2n) is 11.6. The summed E-state index contributed by atoms with van der Waals surface area (Å²) in [4.78, 5) is 66.5. The normalized spacial score (nSPS) is 32.2. The maximum Gasteiger partial charge on any atom is 0.235 e. The van der Waals surface area contributed by atoms with Gasteiger partial charge in [-0.05, 0) is 65.9 Å². The van der Waals surface area contributed by atoms with Crippen molar-refractivity contribution in [2.75, 3.05) is 0 Å². The van der Waals surface area contributed by atoms with Crippen LogP contribution >= 0.6 is 0 Å². The van der Waals surface area contributed by atoms with Crippen LogP contribution in [0.15, 0.2) is 42.0 Å². The zero-order valence-electron chi connectivity index (χ0n) is 22.3. The van der Waals surface area contributed by atoms with Crippen molar-refractivity contribution >= 4 is 34.6 Å². The number of hydrogen-bond donors (Lipinski definition) is 3. The Balaban J connectivity index is 1.58. The number of hydrogen-bond acceptors (Lipinski definition) is 7. The van der Waals surface area contributed by atoms with Crippen LogP contribution in [0.3, 0.4) is 0 Å². The van der Waals surface area contributed by atoms with Crippen molar-refractivity contribution in [2.45, 2.75) is 52.1 Å². The van der Waals surface area contributed by atoms with Gasteiger partial charge in [-0.1, -0.05) is 51.1 Å². The molecule has 4 aliphatic rings. The summed E-state index contributed by atoms with van der Waals surface area (Å²) in [6.45, 7) is 5.51. The largest absolute Gasteiger partial charge is 0.507 e. The minimum absolute atomic E-state index is 0.0220. The Kier molecular flexibility index (Phi) is 6.58. The molecule has 0 heterocycles. The summed E-state index contributed by atoms with van der Waals surface area (Å²) in [7, 11) is 0. The van der Waals surface area contributed by atoms with Gasteiger partial charge in [-0.25, -0.2) is 0 Å². The number of aliphatic hydroxyl groups is 1. The number of carbonyl (C=O) groups is 5. The number of allylic oxidation sites excluding steroid dienone is 6. The Morgan fingerprint density at radius 2 is 1.87 bits per heavy atom. The molecule has 1 aromatic carbocycles. The van der Waals surface area contributed by atoms with E-state index in [1.165, 1.54) is 6.07 Å². The third-order valence-electron chi connectivity index (χ3n) is 9.00. The van der Waals surface area contributed by atoms with Crippen molar-refractivity contribution in [3.63, 3.8) is 0 Å². The highest BCUT2D eigenvalue weighted by molar-refractivity contribution is 6.32. The lowest BCUT2D eigenvalue weighted by molar-refractivity contribution is -0.182. The fraction of sp³-hybridized carbons (Fsp3) is 0.452. The van der Waals surface area contributed by atoms with Crippen LogP contribution in [0.5, 0.6) is 5.75 Å². The van der Waals surface area contributed by atoms with Gasteiger partial charge in [0.1, 0.15) is 5.75 Å². The van der Waals surface area contributed by atoms with Crippen LogP contribution in [0.2, 0.25) is 0 Å². The van der Waals surface area contributed by atoms with E-state index >= 15 is 0 Å². The predicted molar refractivity (Wildman–Crippen MR) is 142 cm³/mol. The molecular weight excluding hydrogens is 498 g/mol. The molecule has 8 heteroatoms. The highest BCUT2D eigenvalue weighted by Crippen LogP contribution is 2.53. The van der Waals surface area contributed by atoms with Crippen LogP contribution in [-0.4, -0.2) is 44.9 Å². The Morgan fingerprint density at radius 3 is 2.51 bits per heavy atom. The molecule has 204 valence electrons. The molecule has 6 atom stereocenters. The number of aromatic hydroxyl groups is 1. The first-order valence-corrected chi connectivity index (χ1v) is 13.5. The van der Waals surface area contributed by atoms with Gasteiger partial charge in [-0.3, -0.25) is 24.0 Å². The van der Waals surface area contributed by atoms with Crippen LogP contribution in [0.25, 0.3) is 5.57 Å². The van der Waals surface area contributed by atoms with Gasteiger partial charge in [0.15, 0.2) is 34.7 Å². The molecule has 1 amide bonds. The van der Waals surface area contributed by atoms with Crippen LogP contribution in [0, 0.1) is 35.5 Å².